The molecule has 0 bridgehead atoms. The van der Waals surface area contributed by atoms with Crippen LogP contribution in [0.5, 0.6) is 0 Å². The molecule has 0 spiro atoms. The van der Waals surface area contributed by atoms with Gasteiger partial charge in [0.15, 0.2) is 0 Å². The normalized spacial score (nSPS) is 8.11. The molecule has 0 saturated carbocycles. The van der Waals surface area contributed by atoms with Crippen LogP contribution in [0.2, 0.25) is 0 Å². The van der Waals surface area contributed by atoms with E-state index < -0.39 is 6.09 Å². The standard InChI is InChI=1S/C6H11NO2/c1-3-5-9-6(8)7-4-2/h4H,2-3,5H2,1H3,(H,7,8). The third-order valence-corrected chi connectivity index (χ3v) is 0.657. The van der Waals surface area contributed by atoms with Crippen LogP contribution in [-0.4, -0.2) is 12.7 Å². The van der Waals surface area contributed by atoms with Gasteiger partial charge in [0.05, 0.1) is 6.61 Å². The van der Waals surface area contributed by atoms with Crippen molar-refractivity contribution in [1.82, 2.24) is 5.32 Å². The first kappa shape index (κ1) is 8.01. The molecular weight excluding hydrogens is 118 g/mol. The zero-order valence-electron chi connectivity index (χ0n) is 5.52. The van der Waals surface area contributed by atoms with Crippen molar-refractivity contribution in [3.05, 3.63) is 12.8 Å². The molecule has 0 aromatic rings. The highest BCUT2D eigenvalue weighted by Gasteiger charge is 1.93. The Bertz CT molecular complexity index is 101. The molecule has 0 fully saturated rings. The van der Waals surface area contributed by atoms with Crippen LogP contribution in [0.15, 0.2) is 12.8 Å². The van der Waals surface area contributed by atoms with Crippen LogP contribution in [0.1, 0.15) is 13.3 Å². The Labute approximate surface area is 54.7 Å². The smallest absolute Gasteiger partial charge is 0.411 e. The molecule has 0 unspecified atom stereocenters. The lowest BCUT2D eigenvalue weighted by Gasteiger charge is -1.99. The fraction of sp³-hybridized carbons (Fsp3) is 0.500. The second kappa shape index (κ2) is 5.15. The molecule has 0 aliphatic rings. The number of ether oxygens (including phenoxy) is 1. The number of alkyl carbamates (subject to hydrolysis) is 1. The number of hydrogen-bond acceptors (Lipinski definition) is 2. The molecule has 0 atom stereocenters. The first-order chi connectivity index (χ1) is 4.31. The monoisotopic (exact) mass is 129 g/mol. The summed E-state index contributed by atoms with van der Waals surface area (Å²) in [6.45, 7) is 5.69. The molecule has 0 saturated heterocycles. The molecule has 0 rings (SSSR count). The summed E-state index contributed by atoms with van der Waals surface area (Å²) >= 11 is 0. The maximum atomic E-state index is 10.4. The summed E-state index contributed by atoms with van der Waals surface area (Å²) in [5.41, 5.74) is 0. The topological polar surface area (TPSA) is 38.3 Å². The van der Waals surface area contributed by atoms with E-state index in [0.29, 0.717) is 6.61 Å². The molecule has 0 aromatic heterocycles. The predicted molar refractivity (Wildman–Crippen MR) is 35.0 cm³/mol. The highest BCUT2D eigenvalue weighted by Crippen LogP contribution is 1.80. The van der Waals surface area contributed by atoms with Gasteiger partial charge in [0, 0.05) is 0 Å². The summed E-state index contributed by atoms with van der Waals surface area (Å²) in [6, 6.07) is 0. The number of amides is 1. The van der Waals surface area contributed by atoms with Gasteiger partial charge in [0.2, 0.25) is 0 Å². The maximum absolute atomic E-state index is 10.4. The lowest BCUT2D eigenvalue weighted by Crippen LogP contribution is -2.18. The highest BCUT2D eigenvalue weighted by atomic mass is 16.5. The first-order valence-corrected chi connectivity index (χ1v) is 2.85. The van der Waals surface area contributed by atoms with Gasteiger partial charge in [-0.3, -0.25) is 5.32 Å². The minimum atomic E-state index is -0.438. The fourth-order valence-electron chi connectivity index (χ4n) is 0.320. The van der Waals surface area contributed by atoms with Crippen LogP contribution >= 0.6 is 0 Å². The van der Waals surface area contributed by atoms with Crippen LogP contribution < -0.4 is 5.32 Å². The van der Waals surface area contributed by atoms with Crippen LogP contribution in [0.25, 0.3) is 0 Å². The van der Waals surface area contributed by atoms with E-state index in [-0.39, 0.29) is 0 Å². The molecule has 0 radical (unpaired) electrons. The Morgan fingerprint density at radius 3 is 3.00 bits per heavy atom. The Hall–Kier alpha value is -0.990. The van der Waals surface area contributed by atoms with Crippen molar-refractivity contribution in [3.63, 3.8) is 0 Å². The minimum Gasteiger partial charge on any atom is -0.449 e. The molecule has 0 aliphatic heterocycles. The van der Waals surface area contributed by atoms with Crippen molar-refractivity contribution in [2.75, 3.05) is 6.61 Å². The van der Waals surface area contributed by atoms with Gasteiger partial charge in [-0.05, 0) is 12.6 Å². The van der Waals surface area contributed by atoms with Crippen LogP contribution in [0.3, 0.4) is 0 Å². The molecular formula is C6H11NO2. The number of hydrogen-bond donors (Lipinski definition) is 1. The van der Waals surface area contributed by atoms with E-state index in [4.69, 9.17) is 0 Å². The Morgan fingerprint density at radius 1 is 1.89 bits per heavy atom. The Morgan fingerprint density at radius 2 is 2.56 bits per heavy atom. The molecule has 0 heterocycles. The Kier molecular flexibility index (Phi) is 4.59. The minimum absolute atomic E-state index is 0.438. The second-order valence-corrected chi connectivity index (χ2v) is 1.48. The van der Waals surface area contributed by atoms with E-state index in [1.807, 2.05) is 6.92 Å². The van der Waals surface area contributed by atoms with E-state index >= 15 is 0 Å². The first-order valence-electron chi connectivity index (χ1n) is 2.85. The maximum Gasteiger partial charge on any atom is 0.411 e. The van der Waals surface area contributed by atoms with Gasteiger partial charge >= 0.3 is 6.09 Å². The van der Waals surface area contributed by atoms with Crippen molar-refractivity contribution in [3.8, 4) is 0 Å². The van der Waals surface area contributed by atoms with Crippen LogP contribution in [0.4, 0.5) is 4.79 Å². The third kappa shape index (κ3) is 4.87. The fourth-order valence-corrected chi connectivity index (χ4v) is 0.320. The van der Waals surface area contributed by atoms with E-state index in [9.17, 15) is 4.79 Å². The number of rotatable bonds is 3. The summed E-state index contributed by atoms with van der Waals surface area (Å²) in [7, 11) is 0. The van der Waals surface area contributed by atoms with Gasteiger partial charge in [0.25, 0.3) is 0 Å². The number of carbonyl (C=O) groups is 1. The lowest BCUT2D eigenvalue weighted by atomic mass is 10.5. The summed E-state index contributed by atoms with van der Waals surface area (Å²) in [4.78, 5) is 10.4. The molecule has 3 heteroatoms. The SMILES string of the molecule is C=CNC(=O)OCCC. The van der Waals surface area contributed by atoms with Crippen LogP contribution in [0, 0.1) is 0 Å². The summed E-state index contributed by atoms with van der Waals surface area (Å²) in [5, 5.41) is 2.28. The van der Waals surface area contributed by atoms with Gasteiger partial charge in [-0.1, -0.05) is 13.5 Å². The van der Waals surface area contributed by atoms with E-state index in [1.165, 1.54) is 6.20 Å². The van der Waals surface area contributed by atoms with E-state index in [0.717, 1.165) is 6.42 Å². The van der Waals surface area contributed by atoms with Gasteiger partial charge in [-0.15, -0.1) is 0 Å². The average Bonchev–Trinajstić information content (AvgIpc) is 1.85. The number of nitrogens with one attached hydrogen (secondary N) is 1. The lowest BCUT2D eigenvalue weighted by molar-refractivity contribution is 0.150. The van der Waals surface area contributed by atoms with Crippen molar-refractivity contribution in [2.24, 2.45) is 0 Å². The second-order valence-electron chi connectivity index (χ2n) is 1.48. The highest BCUT2D eigenvalue weighted by molar-refractivity contribution is 5.68. The predicted octanol–water partition coefficient (Wildman–Crippen LogP) is 1.27. The molecule has 0 aliphatic carbocycles. The van der Waals surface area contributed by atoms with E-state index in [2.05, 4.69) is 16.6 Å². The largest absolute Gasteiger partial charge is 0.449 e. The van der Waals surface area contributed by atoms with Crippen molar-refractivity contribution in [1.29, 1.82) is 0 Å². The summed E-state index contributed by atoms with van der Waals surface area (Å²) in [5.74, 6) is 0. The van der Waals surface area contributed by atoms with Gasteiger partial charge < -0.3 is 4.74 Å². The van der Waals surface area contributed by atoms with Crippen molar-refractivity contribution >= 4 is 6.09 Å². The summed E-state index contributed by atoms with van der Waals surface area (Å²) < 4.78 is 4.61. The Balaban J connectivity index is 3.16. The quantitative estimate of drug-likeness (QED) is 0.623. The molecule has 52 valence electrons. The third-order valence-electron chi connectivity index (χ3n) is 0.657. The zero-order valence-corrected chi connectivity index (χ0v) is 5.52. The molecule has 9 heavy (non-hydrogen) atoms. The average molecular weight is 129 g/mol. The van der Waals surface area contributed by atoms with Gasteiger partial charge in [-0.2, -0.15) is 0 Å². The molecule has 0 aromatic carbocycles. The number of carbonyl (C=O) groups excluding carboxylic acids is 1. The van der Waals surface area contributed by atoms with Gasteiger partial charge in [-0.25, -0.2) is 4.79 Å². The molecule has 1 N–H and O–H groups in total. The summed E-state index contributed by atoms with van der Waals surface area (Å²) in [6.07, 6.45) is 1.69. The van der Waals surface area contributed by atoms with E-state index in [1.54, 1.807) is 0 Å². The van der Waals surface area contributed by atoms with Crippen LogP contribution in [-0.2, 0) is 4.74 Å². The van der Waals surface area contributed by atoms with Gasteiger partial charge in [0.1, 0.15) is 0 Å². The van der Waals surface area contributed by atoms with Crippen molar-refractivity contribution in [2.45, 2.75) is 13.3 Å². The molecule has 3 nitrogen and oxygen atoms in total. The zero-order chi connectivity index (χ0) is 7.11. The van der Waals surface area contributed by atoms with Crippen molar-refractivity contribution < 1.29 is 9.53 Å². The molecule has 1 amide bonds.